The van der Waals surface area contributed by atoms with E-state index in [2.05, 4.69) is 17.6 Å². The largest absolute Gasteiger partial charge is 0.481 e. The average molecular weight is 284 g/mol. The Kier molecular flexibility index (Phi) is 6.30. The van der Waals surface area contributed by atoms with E-state index in [9.17, 15) is 9.59 Å². The highest BCUT2D eigenvalue weighted by Crippen LogP contribution is 2.34. The second kappa shape index (κ2) is 7.50. The number of urea groups is 1. The quantitative estimate of drug-likeness (QED) is 0.641. The Morgan fingerprint density at radius 2 is 1.90 bits per heavy atom. The Morgan fingerprint density at radius 3 is 2.35 bits per heavy atom. The predicted molar refractivity (Wildman–Crippen MR) is 78.7 cm³/mol. The normalized spacial score (nSPS) is 19.6. The highest BCUT2D eigenvalue weighted by molar-refractivity contribution is 5.75. The van der Waals surface area contributed by atoms with E-state index in [-0.39, 0.29) is 23.5 Å². The van der Waals surface area contributed by atoms with Crippen LogP contribution in [0.3, 0.4) is 0 Å². The number of hydrogen-bond acceptors (Lipinski definition) is 2. The van der Waals surface area contributed by atoms with Gasteiger partial charge in [0.25, 0.3) is 0 Å². The third-order valence-electron chi connectivity index (χ3n) is 4.44. The molecule has 1 fully saturated rings. The van der Waals surface area contributed by atoms with E-state index in [1.165, 1.54) is 6.42 Å². The molecule has 0 heterocycles. The van der Waals surface area contributed by atoms with E-state index in [1.54, 1.807) is 6.92 Å². The summed E-state index contributed by atoms with van der Waals surface area (Å²) < 4.78 is 0. The van der Waals surface area contributed by atoms with Gasteiger partial charge >= 0.3 is 12.0 Å². The van der Waals surface area contributed by atoms with Crippen LogP contribution in [-0.4, -0.2) is 28.7 Å². The molecule has 0 aromatic carbocycles. The Morgan fingerprint density at radius 1 is 1.25 bits per heavy atom. The molecular formula is C15H28N2O3. The van der Waals surface area contributed by atoms with Crippen molar-refractivity contribution in [3.8, 4) is 0 Å². The zero-order chi connectivity index (χ0) is 15.2. The highest BCUT2D eigenvalue weighted by Gasteiger charge is 2.36. The topological polar surface area (TPSA) is 78.4 Å². The third kappa shape index (κ3) is 5.02. The SMILES string of the molecule is CCC1(NC(=O)NC(C)CCCC(C)C(=O)O)CCC1. The summed E-state index contributed by atoms with van der Waals surface area (Å²) in [6.07, 6.45) is 6.59. The van der Waals surface area contributed by atoms with Crippen LogP contribution < -0.4 is 10.6 Å². The highest BCUT2D eigenvalue weighted by atomic mass is 16.4. The zero-order valence-corrected chi connectivity index (χ0v) is 12.9. The molecule has 0 aromatic rings. The second-order valence-electron chi connectivity index (χ2n) is 6.16. The summed E-state index contributed by atoms with van der Waals surface area (Å²) >= 11 is 0. The first-order chi connectivity index (χ1) is 9.38. The first-order valence-corrected chi connectivity index (χ1v) is 7.70. The van der Waals surface area contributed by atoms with Crippen molar-refractivity contribution >= 4 is 12.0 Å². The first-order valence-electron chi connectivity index (χ1n) is 7.70. The van der Waals surface area contributed by atoms with Gasteiger partial charge in [-0.3, -0.25) is 4.79 Å². The van der Waals surface area contributed by atoms with Crippen LogP contribution in [0.15, 0.2) is 0 Å². The van der Waals surface area contributed by atoms with E-state index in [0.717, 1.165) is 32.1 Å². The molecule has 2 unspecified atom stereocenters. The molecule has 116 valence electrons. The number of carbonyl (C=O) groups is 2. The summed E-state index contributed by atoms with van der Waals surface area (Å²) in [4.78, 5) is 22.6. The molecule has 1 aliphatic rings. The number of amides is 2. The van der Waals surface area contributed by atoms with Crippen LogP contribution in [0.5, 0.6) is 0 Å². The van der Waals surface area contributed by atoms with Gasteiger partial charge in [-0.2, -0.15) is 0 Å². The monoisotopic (exact) mass is 284 g/mol. The fraction of sp³-hybridized carbons (Fsp3) is 0.867. The predicted octanol–water partition coefficient (Wildman–Crippen LogP) is 2.90. The van der Waals surface area contributed by atoms with Crippen LogP contribution in [-0.2, 0) is 4.79 Å². The summed E-state index contributed by atoms with van der Waals surface area (Å²) in [7, 11) is 0. The van der Waals surface area contributed by atoms with Crippen molar-refractivity contribution in [1.29, 1.82) is 0 Å². The standard InChI is InChI=1S/C15H28N2O3/c1-4-15(9-6-10-15)17-14(20)16-12(3)8-5-7-11(2)13(18)19/h11-12H,4-10H2,1-3H3,(H,18,19)(H2,16,17,20). The Balaban J connectivity index is 2.19. The van der Waals surface area contributed by atoms with E-state index in [1.807, 2.05) is 6.92 Å². The lowest BCUT2D eigenvalue weighted by molar-refractivity contribution is -0.141. The molecule has 2 amide bonds. The minimum atomic E-state index is -0.752. The molecule has 1 saturated carbocycles. The lowest BCUT2D eigenvalue weighted by Gasteiger charge is -2.42. The van der Waals surface area contributed by atoms with Crippen LogP contribution >= 0.6 is 0 Å². The number of hydrogen-bond donors (Lipinski definition) is 3. The third-order valence-corrected chi connectivity index (χ3v) is 4.44. The molecule has 1 aliphatic carbocycles. The van der Waals surface area contributed by atoms with Gasteiger partial charge in [-0.1, -0.05) is 20.3 Å². The van der Waals surface area contributed by atoms with Gasteiger partial charge < -0.3 is 15.7 Å². The maximum Gasteiger partial charge on any atom is 0.315 e. The number of nitrogens with one attached hydrogen (secondary N) is 2. The number of carbonyl (C=O) groups excluding carboxylic acids is 1. The maximum absolute atomic E-state index is 11.9. The summed E-state index contributed by atoms with van der Waals surface area (Å²) in [5, 5.41) is 14.8. The molecule has 0 aliphatic heterocycles. The van der Waals surface area contributed by atoms with Gasteiger partial charge in [0.05, 0.1) is 5.92 Å². The fourth-order valence-electron chi connectivity index (χ4n) is 2.60. The average Bonchev–Trinajstić information content (AvgIpc) is 2.33. The Bertz CT molecular complexity index is 335. The molecular weight excluding hydrogens is 256 g/mol. The van der Waals surface area contributed by atoms with Crippen LogP contribution in [0.1, 0.15) is 65.7 Å². The van der Waals surface area contributed by atoms with Crippen LogP contribution in [0.4, 0.5) is 4.79 Å². The van der Waals surface area contributed by atoms with Crippen molar-refractivity contribution in [2.24, 2.45) is 5.92 Å². The van der Waals surface area contributed by atoms with Crippen LogP contribution in [0, 0.1) is 5.92 Å². The van der Waals surface area contributed by atoms with E-state index >= 15 is 0 Å². The minimum absolute atomic E-state index is 0.0155. The van der Waals surface area contributed by atoms with E-state index in [4.69, 9.17) is 5.11 Å². The van der Waals surface area contributed by atoms with Gasteiger partial charge in [0, 0.05) is 11.6 Å². The van der Waals surface area contributed by atoms with Gasteiger partial charge in [0.15, 0.2) is 0 Å². The van der Waals surface area contributed by atoms with Crippen molar-refractivity contribution in [2.45, 2.75) is 77.3 Å². The van der Waals surface area contributed by atoms with Gasteiger partial charge in [-0.15, -0.1) is 0 Å². The molecule has 1 rings (SSSR count). The number of carboxylic acid groups (broad SMARTS) is 1. The molecule has 0 aromatic heterocycles. The molecule has 0 bridgehead atoms. The molecule has 3 N–H and O–H groups in total. The lowest BCUT2D eigenvalue weighted by atomic mass is 9.75. The number of carboxylic acids is 1. The molecule has 5 heteroatoms. The van der Waals surface area contributed by atoms with Crippen LogP contribution in [0.25, 0.3) is 0 Å². The first kappa shape index (κ1) is 16.8. The number of aliphatic carboxylic acids is 1. The van der Waals surface area contributed by atoms with Gasteiger partial charge in [0.2, 0.25) is 0 Å². The van der Waals surface area contributed by atoms with Gasteiger partial charge in [-0.05, 0) is 45.4 Å². The maximum atomic E-state index is 11.9. The lowest BCUT2D eigenvalue weighted by Crippen LogP contribution is -2.56. The van der Waals surface area contributed by atoms with Crippen molar-refractivity contribution in [1.82, 2.24) is 10.6 Å². The van der Waals surface area contributed by atoms with E-state index in [0.29, 0.717) is 6.42 Å². The van der Waals surface area contributed by atoms with Crippen molar-refractivity contribution in [3.63, 3.8) is 0 Å². The summed E-state index contributed by atoms with van der Waals surface area (Å²) in [6, 6.07) is -0.0182. The van der Waals surface area contributed by atoms with Crippen molar-refractivity contribution in [2.75, 3.05) is 0 Å². The zero-order valence-electron chi connectivity index (χ0n) is 12.9. The minimum Gasteiger partial charge on any atom is -0.481 e. The molecule has 2 atom stereocenters. The van der Waals surface area contributed by atoms with E-state index < -0.39 is 5.97 Å². The number of rotatable bonds is 8. The molecule has 0 saturated heterocycles. The van der Waals surface area contributed by atoms with Crippen molar-refractivity contribution in [3.05, 3.63) is 0 Å². The summed E-state index contributed by atoms with van der Waals surface area (Å²) in [5.74, 6) is -1.06. The fourth-order valence-corrected chi connectivity index (χ4v) is 2.60. The Labute approximate surface area is 121 Å². The molecule has 5 nitrogen and oxygen atoms in total. The summed E-state index contributed by atoms with van der Waals surface area (Å²) in [5.41, 5.74) is 0.0155. The van der Waals surface area contributed by atoms with Crippen molar-refractivity contribution < 1.29 is 14.7 Å². The van der Waals surface area contributed by atoms with Gasteiger partial charge in [0.1, 0.15) is 0 Å². The smallest absolute Gasteiger partial charge is 0.315 e. The van der Waals surface area contributed by atoms with Crippen LogP contribution in [0.2, 0.25) is 0 Å². The Hall–Kier alpha value is -1.26. The summed E-state index contributed by atoms with van der Waals surface area (Å²) in [6.45, 7) is 5.79. The molecule has 0 spiro atoms. The van der Waals surface area contributed by atoms with Gasteiger partial charge in [-0.25, -0.2) is 4.79 Å². The molecule has 0 radical (unpaired) electrons. The second-order valence-corrected chi connectivity index (χ2v) is 6.16. The molecule has 20 heavy (non-hydrogen) atoms.